The number of hydrogen-bond donors (Lipinski definition) is 2. The van der Waals surface area contributed by atoms with Crippen LogP contribution in [0, 0.1) is 11.3 Å². The van der Waals surface area contributed by atoms with Crippen molar-refractivity contribution < 1.29 is 18.0 Å². The first kappa shape index (κ1) is 27.2. The van der Waals surface area contributed by atoms with Crippen molar-refractivity contribution in [2.45, 2.75) is 50.2 Å². The summed E-state index contributed by atoms with van der Waals surface area (Å²) >= 11 is 2.61. The van der Waals surface area contributed by atoms with Crippen LogP contribution in [-0.2, 0) is 22.3 Å². The summed E-state index contributed by atoms with van der Waals surface area (Å²) in [6.45, 7) is 11.6. The summed E-state index contributed by atoms with van der Waals surface area (Å²) in [7, 11) is 0. The Kier molecular flexibility index (Phi) is 9.12. The summed E-state index contributed by atoms with van der Waals surface area (Å²) in [6, 6.07) is 6.77. The van der Waals surface area contributed by atoms with E-state index < -0.39 is 17.3 Å². The molecular weight excluding hydrogens is 485 g/mol. The standard InChI is InChI=1S/C20H17F3N6OS2.C2H6/c1-11(27-25-10-30)16-7-15-17(29-28-16)32-18(26-19(15,2)3)31-9-12-4-5-14(20(21,22)23)6-13(12)8-24;1-2/h4-7,10,27H,1,9H2,2-3H3,(H,25,30);1-2H3. The number of halogens is 3. The zero-order valence-electron chi connectivity index (χ0n) is 18.9. The molecule has 0 spiro atoms. The van der Waals surface area contributed by atoms with Gasteiger partial charge < -0.3 is 0 Å². The van der Waals surface area contributed by atoms with Gasteiger partial charge in [0.25, 0.3) is 0 Å². The fourth-order valence-corrected chi connectivity index (χ4v) is 5.21. The molecule has 1 amide bonds. The second-order valence-electron chi connectivity index (χ2n) is 7.12. The van der Waals surface area contributed by atoms with Gasteiger partial charge in [0.05, 0.1) is 28.4 Å². The molecule has 7 nitrogen and oxygen atoms in total. The van der Waals surface area contributed by atoms with Crippen molar-refractivity contribution in [2.75, 3.05) is 0 Å². The van der Waals surface area contributed by atoms with E-state index in [9.17, 15) is 23.2 Å². The average Bonchev–Trinajstić information content (AvgIpc) is 2.81. The van der Waals surface area contributed by atoms with Crippen molar-refractivity contribution >= 4 is 40.0 Å². The van der Waals surface area contributed by atoms with Gasteiger partial charge in [-0.15, -0.1) is 10.2 Å². The van der Waals surface area contributed by atoms with Crippen LogP contribution in [-0.4, -0.2) is 21.0 Å². The lowest BCUT2D eigenvalue weighted by Gasteiger charge is -2.28. The SMILES string of the molecule is C=C(NNC=O)c1cc2c(nn1)SC(SCc1ccc(C(F)(F)F)cc1C#N)=NC2(C)C.CC. The highest BCUT2D eigenvalue weighted by atomic mass is 32.2. The Hall–Kier alpha value is -3.04. The lowest BCUT2D eigenvalue weighted by atomic mass is 9.96. The quantitative estimate of drug-likeness (QED) is 0.406. The number of carbonyl (C=O) groups is 1. The molecule has 2 heterocycles. The number of amides is 1. The van der Waals surface area contributed by atoms with Crippen LogP contribution in [0.1, 0.15) is 55.6 Å². The number of nitriles is 1. The van der Waals surface area contributed by atoms with E-state index in [1.807, 2.05) is 33.8 Å². The fraction of sp³-hybridized carbons (Fsp3) is 0.318. The molecule has 0 saturated heterocycles. The fourth-order valence-electron chi connectivity index (χ4n) is 2.80. The zero-order valence-corrected chi connectivity index (χ0v) is 20.6. The van der Waals surface area contributed by atoms with Gasteiger partial charge in [0.2, 0.25) is 6.41 Å². The first-order chi connectivity index (χ1) is 16.0. The number of carbonyl (C=O) groups excluding carboxylic acids is 1. The highest BCUT2D eigenvalue weighted by molar-refractivity contribution is 8.38. The largest absolute Gasteiger partial charge is 0.416 e. The van der Waals surface area contributed by atoms with Crippen molar-refractivity contribution in [3.8, 4) is 6.07 Å². The van der Waals surface area contributed by atoms with Gasteiger partial charge in [-0.25, -0.2) is 0 Å². The second-order valence-corrected chi connectivity index (χ2v) is 9.32. The van der Waals surface area contributed by atoms with E-state index in [2.05, 4.69) is 27.6 Å². The summed E-state index contributed by atoms with van der Waals surface area (Å²) in [5.74, 6) is 0.280. The maximum Gasteiger partial charge on any atom is 0.416 e. The Morgan fingerprint density at radius 1 is 1.29 bits per heavy atom. The smallest absolute Gasteiger partial charge is 0.297 e. The first-order valence-corrected chi connectivity index (χ1v) is 11.9. The van der Waals surface area contributed by atoms with E-state index in [-0.39, 0.29) is 11.3 Å². The minimum Gasteiger partial charge on any atom is -0.297 e. The molecule has 2 N–H and O–H groups in total. The Morgan fingerprint density at radius 2 is 2.00 bits per heavy atom. The van der Waals surface area contributed by atoms with Crippen LogP contribution >= 0.6 is 23.5 Å². The number of alkyl halides is 3. The van der Waals surface area contributed by atoms with E-state index in [1.54, 1.807) is 6.07 Å². The van der Waals surface area contributed by atoms with Crippen LogP contribution in [0.15, 0.2) is 40.9 Å². The maximum absolute atomic E-state index is 12.9. The maximum atomic E-state index is 12.9. The van der Waals surface area contributed by atoms with Crippen LogP contribution in [0.2, 0.25) is 0 Å². The summed E-state index contributed by atoms with van der Waals surface area (Å²) in [6.07, 6.45) is -4.03. The van der Waals surface area contributed by atoms with Crippen LogP contribution in [0.5, 0.6) is 0 Å². The molecule has 0 fully saturated rings. The summed E-state index contributed by atoms with van der Waals surface area (Å²) in [5, 5.41) is 18.3. The molecule has 1 aliphatic heterocycles. The van der Waals surface area contributed by atoms with Crippen molar-refractivity contribution in [3.63, 3.8) is 0 Å². The lowest BCUT2D eigenvalue weighted by Crippen LogP contribution is -2.29. The number of hydrogen-bond acceptors (Lipinski definition) is 8. The number of aromatic nitrogens is 2. The molecule has 34 heavy (non-hydrogen) atoms. The Bertz CT molecular complexity index is 1140. The van der Waals surface area contributed by atoms with Crippen molar-refractivity contribution in [2.24, 2.45) is 4.99 Å². The number of nitrogens with one attached hydrogen (secondary N) is 2. The molecule has 0 radical (unpaired) electrons. The number of rotatable bonds is 6. The monoisotopic (exact) mass is 508 g/mol. The molecule has 0 bridgehead atoms. The van der Waals surface area contributed by atoms with Crippen LogP contribution in [0.4, 0.5) is 13.2 Å². The van der Waals surface area contributed by atoms with E-state index in [0.29, 0.717) is 32.8 Å². The first-order valence-electron chi connectivity index (χ1n) is 10.1. The highest BCUT2D eigenvalue weighted by Crippen LogP contribution is 2.42. The van der Waals surface area contributed by atoms with E-state index in [1.165, 1.54) is 29.6 Å². The third-order valence-corrected chi connectivity index (χ3v) is 6.63. The molecule has 2 aromatic rings. The van der Waals surface area contributed by atoms with E-state index in [0.717, 1.165) is 17.7 Å². The van der Waals surface area contributed by atoms with Crippen molar-refractivity contribution in [3.05, 3.63) is 58.8 Å². The Labute approximate surface area is 204 Å². The minimum absolute atomic E-state index is 0.0206. The van der Waals surface area contributed by atoms with Gasteiger partial charge in [-0.2, -0.15) is 18.4 Å². The Balaban J connectivity index is 0.00000199. The Morgan fingerprint density at radius 3 is 2.62 bits per heavy atom. The third-order valence-electron chi connectivity index (χ3n) is 4.47. The van der Waals surface area contributed by atoms with Gasteiger partial charge in [0, 0.05) is 11.3 Å². The van der Waals surface area contributed by atoms with Crippen LogP contribution in [0.25, 0.3) is 5.70 Å². The molecule has 1 aromatic carbocycles. The van der Waals surface area contributed by atoms with Gasteiger partial charge in [0.15, 0.2) is 0 Å². The third kappa shape index (κ3) is 6.51. The van der Waals surface area contributed by atoms with E-state index in [4.69, 9.17) is 4.99 Å². The minimum atomic E-state index is -4.50. The van der Waals surface area contributed by atoms with Gasteiger partial charge in [-0.3, -0.25) is 20.6 Å². The van der Waals surface area contributed by atoms with Crippen LogP contribution in [0.3, 0.4) is 0 Å². The molecular formula is C22H23F3N6OS2. The van der Waals surface area contributed by atoms with Gasteiger partial charge in [-0.1, -0.05) is 38.3 Å². The van der Waals surface area contributed by atoms with Crippen molar-refractivity contribution in [1.82, 2.24) is 21.0 Å². The van der Waals surface area contributed by atoms with E-state index >= 15 is 0 Å². The molecule has 3 rings (SSSR count). The number of nitrogens with zero attached hydrogens (tertiary/aromatic N) is 4. The van der Waals surface area contributed by atoms with Gasteiger partial charge >= 0.3 is 6.18 Å². The molecule has 1 aromatic heterocycles. The average molecular weight is 509 g/mol. The summed E-state index contributed by atoms with van der Waals surface area (Å²) in [5.41, 5.74) is 5.48. The zero-order chi connectivity index (χ0) is 25.5. The molecule has 1 aliphatic rings. The number of hydrazine groups is 1. The predicted molar refractivity (Wildman–Crippen MR) is 129 cm³/mol. The molecule has 0 saturated carbocycles. The predicted octanol–water partition coefficient (Wildman–Crippen LogP) is 5.24. The topological polar surface area (TPSA) is 103 Å². The molecule has 0 atom stereocenters. The number of aliphatic imine (C=N–C) groups is 1. The molecule has 180 valence electrons. The molecule has 12 heteroatoms. The summed E-state index contributed by atoms with van der Waals surface area (Å²) < 4.78 is 39.4. The number of benzene rings is 1. The van der Waals surface area contributed by atoms with Crippen LogP contribution < -0.4 is 10.9 Å². The normalized spacial score (nSPS) is 13.9. The lowest BCUT2D eigenvalue weighted by molar-refractivity contribution is -0.137. The molecule has 0 unspecified atom stereocenters. The molecule has 0 aliphatic carbocycles. The second kappa shape index (κ2) is 11.4. The number of thioether (sulfide) groups is 2. The van der Waals surface area contributed by atoms with Gasteiger partial charge in [0.1, 0.15) is 15.1 Å². The van der Waals surface area contributed by atoms with Crippen molar-refractivity contribution in [1.29, 1.82) is 5.26 Å². The van der Waals surface area contributed by atoms with Gasteiger partial charge in [-0.05, 0) is 49.4 Å². The summed E-state index contributed by atoms with van der Waals surface area (Å²) in [4.78, 5) is 15.2. The highest BCUT2D eigenvalue weighted by Gasteiger charge is 2.33. The number of fused-ring (bicyclic) bond motifs is 1.